The molecule has 4 heteroatoms. The van der Waals surface area contributed by atoms with Crippen LogP contribution >= 0.6 is 0 Å². The molecule has 2 heterocycles. The van der Waals surface area contributed by atoms with Crippen molar-refractivity contribution in [2.24, 2.45) is 0 Å². The van der Waals surface area contributed by atoms with Crippen molar-refractivity contribution in [1.82, 2.24) is 9.13 Å². The number of benzene rings is 7. The molecule has 0 fully saturated rings. The van der Waals surface area contributed by atoms with Crippen molar-refractivity contribution < 1.29 is 0 Å². The van der Waals surface area contributed by atoms with Crippen LogP contribution in [0, 0.1) is 22.7 Å². The van der Waals surface area contributed by atoms with Crippen LogP contribution in [0.2, 0.25) is 0 Å². The Morgan fingerprint density at radius 2 is 0.792 bits per heavy atom. The lowest BCUT2D eigenvalue weighted by Crippen LogP contribution is -2.02. The van der Waals surface area contributed by atoms with E-state index < -0.39 is 0 Å². The Morgan fingerprint density at radius 3 is 1.29 bits per heavy atom. The van der Waals surface area contributed by atoms with Gasteiger partial charge in [-0.05, 0) is 59.2 Å². The van der Waals surface area contributed by atoms with Crippen LogP contribution in [0.25, 0.3) is 77.2 Å². The first-order valence-electron chi connectivity index (χ1n) is 15.9. The molecule has 0 spiro atoms. The zero-order valence-electron chi connectivity index (χ0n) is 25.8. The van der Waals surface area contributed by atoms with Crippen LogP contribution in [0.5, 0.6) is 0 Å². The van der Waals surface area contributed by atoms with Gasteiger partial charge in [0.2, 0.25) is 0 Å². The van der Waals surface area contributed by atoms with E-state index in [9.17, 15) is 10.5 Å². The fraction of sp³-hybridized carbons (Fsp3) is 0. The number of aromatic nitrogens is 2. The van der Waals surface area contributed by atoms with Gasteiger partial charge in [-0.3, -0.25) is 0 Å². The highest BCUT2D eigenvalue weighted by molar-refractivity contribution is 6.11. The summed E-state index contributed by atoms with van der Waals surface area (Å²) in [6.07, 6.45) is 0. The summed E-state index contributed by atoms with van der Waals surface area (Å²) in [5.74, 6) is 0. The SMILES string of the molecule is N#Cc1cc(-c2ccccc2-c2ccccc2-n2c3ccccc3c3ccccc32)cc(-n2c3ccccc3c3ccccc32)c1C#N. The highest BCUT2D eigenvalue weighted by Crippen LogP contribution is 2.41. The Bertz CT molecular complexity index is 2710. The Labute approximate surface area is 277 Å². The lowest BCUT2D eigenvalue weighted by atomic mass is 9.91. The Kier molecular flexibility index (Phi) is 6.22. The number of rotatable bonds is 4. The molecular weight excluding hydrogens is 585 g/mol. The van der Waals surface area contributed by atoms with Gasteiger partial charge in [0.1, 0.15) is 12.1 Å². The molecule has 9 aromatic rings. The van der Waals surface area contributed by atoms with Gasteiger partial charge in [-0.15, -0.1) is 0 Å². The molecule has 0 aliphatic carbocycles. The molecule has 0 unspecified atom stereocenters. The van der Waals surface area contributed by atoms with Crippen molar-refractivity contribution >= 4 is 43.6 Å². The third kappa shape index (κ3) is 4.01. The first-order valence-corrected chi connectivity index (χ1v) is 15.9. The van der Waals surface area contributed by atoms with Crippen molar-refractivity contribution in [2.45, 2.75) is 0 Å². The molecule has 4 nitrogen and oxygen atoms in total. The zero-order chi connectivity index (χ0) is 32.2. The van der Waals surface area contributed by atoms with Crippen LogP contribution in [0.15, 0.2) is 158 Å². The van der Waals surface area contributed by atoms with Gasteiger partial charge >= 0.3 is 0 Å². The predicted octanol–water partition coefficient (Wildman–Crippen LogP) is 11.0. The lowest BCUT2D eigenvalue weighted by molar-refractivity contribution is 1.16. The second-order valence-corrected chi connectivity index (χ2v) is 11.9. The fourth-order valence-corrected chi connectivity index (χ4v) is 7.39. The van der Waals surface area contributed by atoms with Crippen molar-refractivity contribution in [3.63, 3.8) is 0 Å². The zero-order valence-corrected chi connectivity index (χ0v) is 25.8. The van der Waals surface area contributed by atoms with Crippen molar-refractivity contribution in [2.75, 3.05) is 0 Å². The topological polar surface area (TPSA) is 57.4 Å². The first kappa shape index (κ1) is 27.4. The number of hydrogen-bond donors (Lipinski definition) is 0. The molecule has 48 heavy (non-hydrogen) atoms. The van der Waals surface area contributed by atoms with E-state index in [0.717, 1.165) is 60.8 Å². The van der Waals surface area contributed by atoms with Gasteiger partial charge < -0.3 is 9.13 Å². The van der Waals surface area contributed by atoms with E-state index in [-0.39, 0.29) is 0 Å². The second-order valence-electron chi connectivity index (χ2n) is 11.9. The van der Waals surface area contributed by atoms with Gasteiger partial charge in [-0.25, -0.2) is 0 Å². The number of hydrogen-bond acceptors (Lipinski definition) is 2. The van der Waals surface area contributed by atoms with Crippen LogP contribution in [-0.4, -0.2) is 9.13 Å². The minimum absolute atomic E-state index is 0.345. The normalized spacial score (nSPS) is 11.3. The summed E-state index contributed by atoms with van der Waals surface area (Å²) in [5.41, 5.74) is 10.7. The molecule has 0 bridgehead atoms. The first-order chi connectivity index (χ1) is 23.8. The Morgan fingerprint density at radius 1 is 0.375 bits per heavy atom. The van der Waals surface area contributed by atoms with Gasteiger partial charge in [0.25, 0.3) is 0 Å². The Balaban J connectivity index is 1.33. The van der Waals surface area contributed by atoms with Gasteiger partial charge in [0.15, 0.2) is 0 Å². The highest BCUT2D eigenvalue weighted by atomic mass is 15.0. The molecule has 9 rings (SSSR count). The molecule has 222 valence electrons. The maximum atomic E-state index is 10.5. The minimum atomic E-state index is 0.345. The number of fused-ring (bicyclic) bond motifs is 6. The molecule has 2 aromatic heterocycles. The summed E-state index contributed by atoms with van der Waals surface area (Å²) in [6, 6.07) is 59.0. The molecule has 0 N–H and O–H groups in total. The fourth-order valence-electron chi connectivity index (χ4n) is 7.39. The predicted molar refractivity (Wildman–Crippen MR) is 195 cm³/mol. The van der Waals surface area contributed by atoms with Gasteiger partial charge in [0.05, 0.1) is 44.6 Å². The highest BCUT2D eigenvalue weighted by Gasteiger charge is 2.21. The van der Waals surface area contributed by atoms with E-state index in [0.29, 0.717) is 16.8 Å². The molecule has 0 saturated heterocycles. The van der Waals surface area contributed by atoms with Crippen LogP contribution in [0.4, 0.5) is 0 Å². The maximum absolute atomic E-state index is 10.5. The number of nitriles is 2. The van der Waals surface area contributed by atoms with E-state index in [1.165, 1.54) is 10.8 Å². The molecule has 0 radical (unpaired) electrons. The second kappa shape index (κ2) is 10.9. The minimum Gasteiger partial charge on any atom is -0.309 e. The summed E-state index contributed by atoms with van der Waals surface area (Å²) < 4.78 is 4.47. The average Bonchev–Trinajstić information content (AvgIpc) is 3.67. The summed E-state index contributed by atoms with van der Waals surface area (Å²) in [7, 11) is 0. The van der Waals surface area contributed by atoms with Crippen LogP contribution in [-0.2, 0) is 0 Å². The van der Waals surface area contributed by atoms with Crippen molar-refractivity contribution in [1.29, 1.82) is 10.5 Å². The van der Waals surface area contributed by atoms with E-state index in [2.05, 4.69) is 143 Å². The quantitative estimate of drug-likeness (QED) is 0.199. The lowest BCUT2D eigenvalue weighted by Gasteiger charge is -2.18. The van der Waals surface area contributed by atoms with Crippen LogP contribution in [0.3, 0.4) is 0 Å². The van der Waals surface area contributed by atoms with E-state index in [4.69, 9.17) is 0 Å². The average molecular weight is 611 g/mol. The van der Waals surface area contributed by atoms with Gasteiger partial charge in [-0.1, -0.05) is 115 Å². The Hall–Kier alpha value is -6.88. The maximum Gasteiger partial charge on any atom is 0.103 e. The third-order valence-corrected chi connectivity index (χ3v) is 9.42. The number of nitrogens with zero attached hydrogens (tertiary/aromatic N) is 4. The van der Waals surface area contributed by atoms with Crippen LogP contribution in [0.1, 0.15) is 11.1 Å². The third-order valence-electron chi connectivity index (χ3n) is 9.42. The van der Waals surface area contributed by atoms with Gasteiger partial charge in [-0.2, -0.15) is 10.5 Å². The monoisotopic (exact) mass is 610 g/mol. The van der Waals surface area contributed by atoms with Crippen molar-refractivity contribution in [3.8, 4) is 45.8 Å². The molecule has 0 aliphatic heterocycles. The summed E-state index contributed by atoms with van der Waals surface area (Å²) in [4.78, 5) is 0. The summed E-state index contributed by atoms with van der Waals surface area (Å²) >= 11 is 0. The molecule has 0 aliphatic rings. The molecule has 0 atom stereocenters. The summed E-state index contributed by atoms with van der Waals surface area (Å²) in [6.45, 7) is 0. The summed E-state index contributed by atoms with van der Waals surface area (Å²) in [5, 5.41) is 25.5. The molecular formula is C44H26N4. The van der Waals surface area contributed by atoms with E-state index in [1.54, 1.807) is 0 Å². The molecule has 0 saturated carbocycles. The number of para-hydroxylation sites is 5. The van der Waals surface area contributed by atoms with Crippen molar-refractivity contribution in [3.05, 3.63) is 169 Å². The smallest absolute Gasteiger partial charge is 0.103 e. The van der Waals surface area contributed by atoms with E-state index in [1.807, 2.05) is 36.4 Å². The van der Waals surface area contributed by atoms with Gasteiger partial charge in [0, 0.05) is 27.1 Å². The molecule has 0 amide bonds. The van der Waals surface area contributed by atoms with Crippen LogP contribution < -0.4 is 0 Å². The standard InChI is InChI=1S/C44H26N4/c45-27-30-25-29(26-44(38(30)28-46)48-42-23-11-6-18-36(42)37-19-7-12-24-43(37)48)31-13-1-2-14-32(31)33-15-3-8-20-39(33)47-40-21-9-4-16-34(40)35-17-5-10-22-41(35)47/h1-26H. The largest absolute Gasteiger partial charge is 0.309 e. The van der Waals surface area contributed by atoms with E-state index >= 15 is 0 Å². The molecule has 7 aromatic carbocycles.